The Kier molecular flexibility index (Phi) is 10.7. The van der Waals surface area contributed by atoms with Crippen LogP contribution in [-0.2, 0) is 9.59 Å². The van der Waals surface area contributed by atoms with Crippen molar-refractivity contribution < 1.29 is 14.4 Å². The van der Waals surface area contributed by atoms with Gasteiger partial charge in [-0.05, 0) is 94.3 Å². The van der Waals surface area contributed by atoms with Gasteiger partial charge in [-0.25, -0.2) is 9.50 Å². The van der Waals surface area contributed by atoms with Gasteiger partial charge in [0.15, 0.2) is 5.01 Å². The second kappa shape index (κ2) is 16.1. The third-order valence-electron chi connectivity index (χ3n) is 11.5. The van der Waals surface area contributed by atoms with Gasteiger partial charge in [0.1, 0.15) is 22.8 Å². The van der Waals surface area contributed by atoms with Crippen LogP contribution in [0.15, 0.2) is 55.0 Å². The first kappa shape index (κ1) is 37.1. The SMILES string of the molecule is CNc1cc(-c2ccc3cc(C#N)cnn23)ncc1-c1nnc([C@H]2CC[C@H](N(C)CC3CCN(c4ccc(C(=O)NC5CCC(=O)NC5=O)nc4)CC3)CC2)s1. The van der Waals surface area contributed by atoms with Gasteiger partial charge in [-0.3, -0.25) is 24.7 Å². The van der Waals surface area contributed by atoms with Crippen molar-refractivity contribution in [2.75, 3.05) is 43.9 Å². The van der Waals surface area contributed by atoms with E-state index in [0.717, 1.165) is 102 Å². The predicted octanol–water partition coefficient (Wildman–Crippen LogP) is 4.63. The maximum Gasteiger partial charge on any atom is 0.270 e. The molecule has 2 aliphatic heterocycles. The van der Waals surface area contributed by atoms with Crippen molar-refractivity contribution in [3.8, 4) is 28.0 Å². The van der Waals surface area contributed by atoms with Crippen molar-refractivity contribution in [3.63, 3.8) is 0 Å². The number of amides is 3. The predicted molar refractivity (Wildman–Crippen MR) is 212 cm³/mol. The van der Waals surface area contributed by atoms with Gasteiger partial charge in [0.05, 0.1) is 46.1 Å². The first-order valence-electron chi connectivity index (χ1n) is 19.2. The van der Waals surface area contributed by atoms with Crippen LogP contribution in [0.2, 0.25) is 0 Å². The number of aromatic nitrogens is 6. The summed E-state index contributed by atoms with van der Waals surface area (Å²) in [6.45, 7) is 2.95. The third-order valence-corrected chi connectivity index (χ3v) is 12.6. The third kappa shape index (κ3) is 7.82. The number of hydrogen-bond acceptors (Lipinski definition) is 13. The molecule has 2 saturated heterocycles. The first-order valence-corrected chi connectivity index (χ1v) is 20.0. The number of fused-ring (bicyclic) bond motifs is 1. The molecule has 15 nitrogen and oxygen atoms in total. The van der Waals surface area contributed by atoms with Crippen molar-refractivity contribution >= 4 is 45.9 Å². The Balaban J connectivity index is 0.804. The molecule has 56 heavy (non-hydrogen) atoms. The van der Waals surface area contributed by atoms with Crippen LogP contribution >= 0.6 is 11.3 Å². The number of anilines is 2. The van der Waals surface area contributed by atoms with Gasteiger partial charge >= 0.3 is 0 Å². The number of nitrogens with zero attached hydrogens (tertiary/aromatic N) is 9. The summed E-state index contributed by atoms with van der Waals surface area (Å²) in [5, 5.41) is 33.2. The molecular weight excluding hydrogens is 729 g/mol. The van der Waals surface area contributed by atoms with Gasteiger partial charge in [-0.1, -0.05) is 11.3 Å². The Morgan fingerprint density at radius 3 is 2.55 bits per heavy atom. The lowest BCUT2D eigenvalue weighted by Gasteiger charge is -2.39. The molecule has 0 radical (unpaired) electrons. The largest absolute Gasteiger partial charge is 0.387 e. The lowest BCUT2D eigenvalue weighted by atomic mass is 9.85. The molecule has 1 atom stereocenters. The summed E-state index contributed by atoms with van der Waals surface area (Å²) >= 11 is 1.66. The number of carbonyl (C=O) groups is 3. The zero-order valence-corrected chi connectivity index (χ0v) is 32.3. The highest BCUT2D eigenvalue weighted by molar-refractivity contribution is 7.14. The number of hydrogen-bond donors (Lipinski definition) is 3. The number of rotatable bonds is 10. The number of nitrogens with one attached hydrogen (secondary N) is 3. The molecule has 3 fully saturated rings. The monoisotopic (exact) mass is 772 g/mol. The first-order chi connectivity index (χ1) is 27.3. The number of nitriles is 1. The molecule has 1 unspecified atom stereocenters. The molecule has 3 N–H and O–H groups in total. The molecule has 5 aromatic rings. The fraction of sp³-hybridized carbons (Fsp3) is 0.425. The molecule has 0 spiro atoms. The van der Waals surface area contributed by atoms with Crippen LogP contribution in [0.25, 0.3) is 27.5 Å². The average Bonchev–Trinajstić information content (AvgIpc) is 3.90. The van der Waals surface area contributed by atoms with Crippen LogP contribution < -0.4 is 20.9 Å². The van der Waals surface area contributed by atoms with E-state index < -0.39 is 17.9 Å². The Hall–Kier alpha value is -5.79. The normalized spacial score (nSPS) is 20.5. The van der Waals surface area contributed by atoms with Gasteiger partial charge in [-0.15, -0.1) is 10.2 Å². The number of piperidine rings is 2. The maximum atomic E-state index is 12.7. The summed E-state index contributed by atoms with van der Waals surface area (Å²) in [5.74, 6) is -0.188. The van der Waals surface area contributed by atoms with Crippen LogP contribution in [0, 0.1) is 17.2 Å². The fourth-order valence-corrected chi connectivity index (χ4v) is 9.24. The minimum atomic E-state index is -0.725. The topological polar surface area (TPSA) is 186 Å². The highest BCUT2D eigenvalue weighted by Gasteiger charge is 2.31. The van der Waals surface area contributed by atoms with Gasteiger partial charge < -0.3 is 20.4 Å². The summed E-state index contributed by atoms with van der Waals surface area (Å²) in [6, 6.07) is 13.3. The highest BCUT2D eigenvalue weighted by atomic mass is 32.1. The van der Waals surface area contributed by atoms with Crippen molar-refractivity contribution in [2.45, 2.75) is 69.4 Å². The molecular formula is C40H44N12O3S. The van der Waals surface area contributed by atoms with E-state index in [9.17, 15) is 19.6 Å². The van der Waals surface area contributed by atoms with Crippen LogP contribution in [0.5, 0.6) is 0 Å². The minimum Gasteiger partial charge on any atom is -0.387 e. The van der Waals surface area contributed by atoms with Gasteiger partial charge in [0, 0.05) is 56.9 Å². The number of carbonyl (C=O) groups excluding carboxylic acids is 3. The summed E-state index contributed by atoms with van der Waals surface area (Å²) in [7, 11) is 4.17. The standard InChI is InChI=1S/C40H44N12O3S/c1-42-33-18-34(35-11-8-28-17-25(19-41)20-45-52(28)35)44-22-30(33)40-49-48-39(56-40)26-3-5-27(6-4-26)50(2)23-24-13-15-51(16-14-24)29-7-9-31(43-21-29)37(54)46-32-10-12-36(53)47-38(32)55/h7-9,11,17-18,20-22,24,26-27,32H,3-6,10,12-16,23H2,1-2H3,(H,42,44)(H,46,54)(H,47,53,55)/t26-,27-,32?. The minimum absolute atomic E-state index is 0.206. The van der Waals surface area contributed by atoms with E-state index >= 15 is 0 Å². The second-order valence-corrected chi connectivity index (χ2v) is 16.0. The van der Waals surface area contributed by atoms with Crippen molar-refractivity contribution in [1.82, 2.24) is 45.3 Å². The fourth-order valence-electron chi connectivity index (χ4n) is 8.20. The molecule has 16 heteroatoms. The summed E-state index contributed by atoms with van der Waals surface area (Å²) < 4.78 is 1.79. The van der Waals surface area contributed by atoms with E-state index in [-0.39, 0.29) is 18.0 Å². The Bertz CT molecular complexity index is 2280. The van der Waals surface area contributed by atoms with E-state index in [1.807, 2.05) is 43.6 Å². The number of imide groups is 1. The van der Waals surface area contributed by atoms with Crippen molar-refractivity contribution in [1.29, 1.82) is 5.26 Å². The van der Waals surface area contributed by atoms with Crippen LogP contribution in [0.4, 0.5) is 11.4 Å². The summed E-state index contributed by atoms with van der Waals surface area (Å²) in [4.78, 5) is 50.1. The van der Waals surface area contributed by atoms with Crippen LogP contribution in [-0.4, -0.2) is 98.2 Å². The molecule has 7 heterocycles. The maximum absolute atomic E-state index is 12.7. The van der Waals surface area contributed by atoms with Gasteiger partial charge in [0.25, 0.3) is 5.91 Å². The Morgan fingerprint density at radius 1 is 1.00 bits per heavy atom. The molecule has 288 valence electrons. The highest BCUT2D eigenvalue weighted by Crippen LogP contribution is 2.40. The van der Waals surface area contributed by atoms with Crippen molar-refractivity contribution in [2.24, 2.45) is 5.92 Å². The van der Waals surface area contributed by atoms with E-state index in [2.05, 4.69) is 59.1 Å². The molecule has 3 amide bonds. The second-order valence-electron chi connectivity index (χ2n) is 15.0. The summed E-state index contributed by atoms with van der Waals surface area (Å²) in [6.07, 6.45) is 12.3. The van der Waals surface area contributed by atoms with E-state index in [0.29, 0.717) is 29.9 Å². The molecule has 8 rings (SSSR count). The molecule has 0 bridgehead atoms. The van der Waals surface area contributed by atoms with E-state index in [4.69, 9.17) is 4.98 Å². The lowest BCUT2D eigenvalue weighted by Crippen LogP contribution is -2.52. The van der Waals surface area contributed by atoms with E-state index in [1.165, 1.54) is 0 Å². The molecule has 3 aliphatic rings. The zero-order chi connectivity index (χ0) is 38.8. The molecule has 5 aromatic heterocycles. The van der Waals surface area contributed by atoms with Crippen molar-refractivity contribution in [3.05, 3.63) is 71.3 Å². The Morgan fingerprint density at radius 2 is 1.82 bits per heavy atom. The Labute approximate surface area is 328 Å². The van der Waals surface area contributed by atoms with Crippen LogP contribution in [0.1, 0.15) is 78.3 Å². The molecule has 1 aliphatic carbocycles. The number of pyridine rings is 2. The lowest BCUT2D eigenvalue weighted by molar-refractivity contribution is -0.134. The van der Waals surface area contributed by atoms with Crippen LogP contribution in [0.3, 0.4) is 0 Å². The average molecular weight is 773 g/mol. The summed E-state index contributed by atoms with van der Waals surface area (Å²) in [5.41, 5.74) is 6.05. The van der Waals surface area contributed by atoms with Gasteiger partial charge in [-0.2, -0.15) is 10.4 Å². The quantitative estimate of drug-likeness (QED) is 0.167. The van der Waals surface area contributed by atoms with Gasteiger partial charge in [0.2, 0.25) is 11.8 Å². The molecule has 0 aromatic carbocycles. The zero-order valence-electron chi connectivity index (χ0n) is 31.4. The smallest absolute Gasteiger partial charge is 0.270 e. The van der Waals surface area contributed by atoms with E-state index in [1.54, 1.807) is 34.3 Å². The molecule has 1 saturated carbocycles.